The normalized spacial score (nSPS) is 16.4. The molecule has 0 saturated heterocycles. The minimum Gasteiger partial charge on any atom is -0.496 e. The molecule has 1 fully saturated rings. The Bertz CT molecular complexity index is 444. The topological polar surface area (TPSA) is 64.3 Å². The van der Waals surface area contributed by atoms with E-state index in [1.165, 1.54) is 25.3 Å². The highest BCUT2D eigenvalue weighted by Gasteiger charge is 2.45. The van der Waals surface area contributed by atoms with Crippen LogP contribution in [-0.2, 0) is 11.3 Å². The third-order valence-corrected chi connectivity index (χ3v) is 2.92. The quantitative estimate of drug-likeness (QED) is 0.820. The zero-order valence-electron chi connectivity index (χ0n) is 9.63. The standard InChI is InChI=1S/C12H15FN2O2/c1-17-10-3-2-9(13)6-8(10)7-15-11(16)12(14)4-5-12/h2-3,6H,4-5,7,14H2,1H3,(H,15,16). The second kappa shape index (κ2) is 4.33. The number of carbonyl (C=O) groups excluding carboxylic acids is 1. The zero-order valence-corrected chi connectivity index (χ0v) is 9.63. The minimum absolute atomic E-state index is 0.191. The Balaban J connectivity index is 2.03. The largest absolute Gasteiger partial charge is 0.496 e. The molecule has 0 radical (unpaired) electrons. The van der Waals surface area contributed by atoms with Crippen LogP contribution in [0.5, 0.6) is 5.75 Å². The first-order valence-electron chi connectivity index (χ1n) is 5.45. The van der Waals surface area contributed by atoms with Crippen LogP contribution in [0.3, 0.4) is 0 Å². The van der Waals surface area contributed by atoms with Gasteiger partial charge in [-0.1, -0.05) is 0 Å². The first-order valence-corrected chi connectivity index (χ1v) is 5.45. The lowest BCUT2D eigenvalue weighted by molar-refractivity contribution is -0.123. The second-order valence-electron chi connectivity index (χ2n) is 4.29. The van der Waals surface area contributed by atoms with Gasteiger partial charge in [0.05, 0.1) is 12.6 Å². The van der Waals surface area contributed by atoms with Gasteiger partial charge in [-0.3, -0.25) is 4.79 Å². The first-order chi connectivity index (χ1) is 8.05. The molecule has 92 valence electrons. The van der Waals surface area contributed by atoms with Gasteiger partial charge in [0.2, 0.25) is 5.91 Å². The number of benzene rings is 1. The highest BCUT2D eigenvalue weighted by atomic mass is 19.1. The van der Waals surface area contributed by atoms with Crippen LogP contribution in [-0.4, -0.2) is 18.6 Å². The number of halogens is 1. The number of carbonyl (C=O) groups is 1. The molecule has 0 atom stereocenters. The number of methoxy groups -OCH3 is 1. The van der Waals surface area contributed by atoms with E-state index in [1.807, 2.05) is 0 Å². The van der Waals surface area contributed by atoms with Gasteiger partial charge in [-0.2, -0.15) is 0 Å². The summed E-state index contributed by atoms with van der Waals surface area (Å²) in [5.41, 5.74) is 5.63. The second-order valence-corrected chi connectivity index (χ2v) is 4.29. The fraction of sp³-hybridized carbons (Fsp3) is 0.417. The van der Waals surface area contributed by atoms with Gasteiger partial charge in [0.1, 0.15) is 11.6 Å². The number of hydrogen-bond acceptors (Lipinski definition) is 3. The lowest BCUT2D eigenvalue weighted by atomic mass is 10.2. The first kappa shape index (κ1) is 11.9. The Morgan fingerprint density at radius 1 is 1.59 bits per heavy atom. The summed E-state index contributed by atoms with van der Waals surface area (Å²) in [7, 11) is 1.50. The number of hydrogen-bond donors (Lipinski definition) is 2. The molecule has 1 aromatic carbocycles. The van der Waals surface area contributed by atoms with Crippen molar-refractivity contribution in [2.75, 3.05) is 7.11 Å². The summed E-state index contributed by atoms with van der Waals surface area (Å²) in [5, 5.41) is 2.69. The molecule has 5 heteroatoms. The van der Waals surface area contributed by atoms with Crippen molar-refractivity contribution < 1.29 is 13.9 Å². The van der Waals surface area contributed by atoms with E-state index < -0.39 is 5.54 Å². The monoisotopic (exact) mass is 238 g/mol. The molecule has 0 aliphatic heterocycles. The lowest BCUT2D eigenvalue weighted by Gasteiger charge is -2.12. The van der Waals surface area contributed by atoms with Crippen molar-refractivity contribution in [3.63, 3.8) is 0 Å². The van der Waals surface area contributed by atoms with Gasteiger partial charge >= 0.3 is 0 Å². The number of nitrogens with one attached hydrogen (secondary N) is 1. The average Bonchev–Trinajstić information content (AvgIpc) is 3.06. The Labute approximate surface area is 98.9 Å². The van der Waals surface area contributed by atoms with E-state index in [9.17, 15) is 9.18 Å². The summed E-state index contributed by atoms with van der Waals surface area (Å²) in [6.07, 6.45) is 1.41. The number of nitrogens with two attached hydrogens (primary N) is 1. The Morgan fingerprint density at radius 3 is 2.88 bits per heavy atom. The number of amides is 1. The molecular weight excluding hydrogens is 223 g/mol. The molecule has 4 nitrogen and oxygen atoms in total. The van der Waals surface area contributed by atoms with Gasteiger partial charge in [0.25, 0.3) is 0 Å². The zero-order chi connectivity index (χ0) is 12.5. The van der Waals surface area contributed by atoms with Crippen LogP contribution in [0.1, 0.15) is 18.4 Å². The predicted octanol–water partition coefficient (Wildman–Crippen LogP) is 0.942. The molecule has 0 bridgehead atoms. The summed E-state index contributed by atoms with van der Waals surface area (Å²) in [5.74, 6) is 0.00122. The SMILES string of the molecule is COc1ccc(F)cc1CNC(=O)C1(N)CC1. The van der Waals surface area contributed by atoms with E-state index in [0.717, 1.165) is 0 Å². The van der Waals surface area contributed by atoms with Crippen molar-refractivity contribution in [3.8, 4) is 5.75 Å². The van der Waals surface area contributed by atoms with Gasteiger partial charge in [0.15, 0.2) is 0 Å². The lowest BCUT2D eigenvalue weighted by Crippen LogP contribution is -2.42. The highest BCUT2D eigenvalue weighted by Crippen LogP contribution is 2.32. The number of rotatable bonds is 4. The van der Waals surface area contributed by atoms with Gasteiger partial charge < -0.3 is 15.8 Å². The van der Waals surface area contributed by atoms with Crippen LogP contribution in [0, 0.1) is 5.82 Å². The summed E-state index contributed by atoms with van der Waals surface area (Å²) in [6.45, 7) is 0.221. The average molecular weight is 238 g/mol. The third kappa shape index (κ3) is 2.55. The summed E-state index contributed by atoms with van der Waals surface area (Å²) in [6, 6.07) is 4.19. The maximum absolute atomic E-state index is 13.1. The van der Waals surface area contributed by atoms with Crippen LogP contribution < -0.4 is 15.8 Å². The fourth-order valence-corrected chi connectivity index (χ4v) is 1.60. The Morgan fingerprint density at radius 2 is 2.29 bits per heavy atom. The molecule has 0 unspecified atom stereocenters. The molecule has 1 aromatic rings. The maximum Gasteiger partial charge on any atom is 0.240 e. The highest BCUT2D eigenvalue weighted by molar-refractivity contribution is 5.88. The van der Waals surface area contributed by atoms with Gasteiger partial charge in [-0.15, -0.1) is 0 Å². The van der Waals surface area contributed by atoms with Crippen molar-refractivity contribution in [2.45, 2.75) is 24.9 Å². The maximum atomic E-state index is 13.1. The van der Waals surface area contributed by atoms with E-state index in [2.05, 4.69) is 5.32 Å². The van der Waals surface area contributed by atoms with E-state index in [0.29, 0.717) is 24.2 Å². The van der Waals surface area contributed by atoms with Gasteiger partial charge in [0, 0.05) is 12.1 Å². The predicted molar refractivity (Wildman–Crippen MR) is 61.0 cm³/mol. The van der Waals surface area contributed by atoms with Crippen molar-refractivity contribution in [1.29, 1.82) is 0 Å². The molecule has 1 amide bonds. The molecule has 1 aliphatic carbocycles. The molecule has 0 spiro atoms. The molecule has 17 heavy (non-hydrogen) atoms. The van der Waals surface area contributed by atoms with E-state index >= 15 is 0 Å². The molecule has 0 aromatic heterocycles. The van der Waals surface area contributed by atoms with Crippen LogP contribution in [0.25, 0.3) is 0 Å². The minimum atomic E-state index is -0.708. The smallest absolute Gasteiger partial charge is 0.240 e. The van der Waals surface area contributed by atoms with E-state index in [4.69, 9.17) is 10.5 Å². The van der Waals surface area contributed by atoms with Crippen LogP contribution in [0.4, 0.5) is 4.39 Å². The molecule has 1 saturated carbocycles. The van der Waals surface area contributed by atoms with E-state index in [-0.39, 0.29) is 18.3 Å². The Kier molecular flexibility index (Phi) is 3.02. The fourth-order valence-electron chi connectivity index (χ4n) is 1.60. The summed E-state index contributed by atoms with van der Waals surface area (Å²) >= 11 is 0. The van der Waals surface area contributed by atoms with Crippen molar-refractivity contribution in [1.82, 2.24) is 5.32 Å². The molecule has 2 rings (SSSR count). The molecule has 0 heterocycles. The molecule has 3 N–H and O–H groups in total. The molecular formula is C12H15FN2O2. The van der Waals surface area contributed by atoms with Crippen LogP contribution in [0.2, 0.25) is 0 Å². The van der Waals surface area contributed by atoms with E-state index in [1.54, 1.807) is 0 Å². The van der Waals surface area contributed by atoms with Gasteiger partial charge in [-0.25, -0.2) is 4.39 Å². The third-order valence-electron chi connectivity index (χ3n) is 2.92. The van der Waals surface area contributed by atoms with Crippen molar-refractivity contribution in [2.24, 2.45) is 5.73 Å². The molecule has 1 aliphatic rings. The van der Waals surface area contributed by atoms with Crippen molar-refractivity contribution in [3.05, 3.63) is 29.6 Å². The van der Waals surface area contributed by atoms with Gasteiger partial charge in [-0.05, 0) is 31.0 Å². The van der Waals surface area contributed by atoms with Crippen LogP contribution in [0.15, 0.2) is 18.2 Å². The summed E-state index contributed by atoms with van der Waals surface area (Å²) in [4.78, 5) is 11.6. The summed E-state index contributed by atoms with van der Waals surface area (Å²) < 4.78 is 18.1. The number of ether oxygens (including phenoxy) is 1. The van der Waals surface area contributed by atoms with Crippen LogP contribution >= 0.6 is 0 Å². The van der Waals surface area contributed by atoms with Crippen molar-refractivity contribution >= 4 is 5.91 Å². The Hall–Kier alpha value is -1.62.